The highest BCUT2D eigenvalue weighted by Gasteiger charge is 2.32. The number of hydrogen-bond donors (Lipinski definition) is 1. The molecule has 1 amide bonds. The Morgan fingerprint density at radius 1 is 1.27 bits per heavy atom. The van der Waals surface area contributed by atoms with Gasteiger partial charge in [-0.3, -0.25) is 14.4 Å². The van der Waals surface area contributed by atoms with Crippen LogP contribution in [0.1, 0.15) is 29.7 Å². The number of fused-ring (bicyclic) bond motifs is 3. The molecular formula is C23H22ClN3O3. The molecule has 0 radical (unpaired) electrons. The molecule has 3 aromatic rings. The molecule has 7 heteroatoms. The van der Waals surface area contributed by atoms with Crippen molar-refractivity contribution < 1.29 is 14.3 Å². The van der Waals surface area contributed by atoms with Crippen molar-refractivity contribution in [1.29, 1.82) is 0 Å². The second kappa shape index (κ2) is 8.32. The number of ether oxygens (including phenoxy) is 1. The van der Waals surface area contributed by atoms with Crippen LogP contribution < -0.4 is 5.32 Å². The van der Waals surface area contributed by atoms with Crippen LogP contribution >= 0.6 is 11.6 Å². The number of anilines is 1. The number of para-hydroxylation sites is 1. The Bertz CT molecular complexity index is 1170. The van der Waals surface area contributed by atoms with Gasteiger partial charge in [0.25, 0.3) is 0 Å². The van der Waals surface area contributed by atoms with Crippen LogP contribution in [0.4, 0.5) is 10.5 Å². The number of esters is 1. The number of carbonyl (C=O) groups excluding carboxylic acids is 2. The average Bonchev–Trinajstić information content (AvgIpc) is 2.89. The minimum Gasteiger partial charge on any atom is -0.465 e. The smallest absolute Gasteiger partial charge is 0.330 e. The zero-order chi connectivity index (χ0) is 21.3. The molecule has 0 spiro atoms. The molecule has 1 atom stereocenters. The molecule has 154 valence electrons. The molecule has 2 heterocycles. The Kier molecular flexibility index (Phi) is 5.59. The zero-order valence-electron chi connectivity index (χ0n) is 16.8. The summed E-state index contributed by atoms with van der Waals surface area (Å²) in [7, 11) is 0. The van der Waals surface area contributed by atoms with Gasteiger partial charge in [-0.15, -0.1) is 0 Å². The van der Waals surface area contributed by atoms with E-state index in [-0.39, 0.29) is 12.6 Å². The Hall–Kier alpha value is -3.12. The number of amides is 1. The Morgan fingerprint density at radius 2 is 2.07 bits per heavy atom. The fraction of sp³-hybridized carbons (Fsp3) is 0.261. The summed E-state index contributed by atoms with van der Waals surface area (Å²) in [5, 5.41) is 4.41. The monoisotopic (exact) mass is 423 g/mol. The molecule has 1 aliphatic heterocycles. The minimum atomic E-state index is -0.748. The van der Waals surface area contributed by atoms with Crippen molar-refractivity contribution in [1.82, 2.24) is 4.57 Å². The number of carbonyl (C=O) groups is 2. The van der Waals surface area contributed by atoms with Gasteiger partial charge in [0.2, 0.25) is 0 Å². The number of benzene rings is 2. The summed E-state index contributed by atoms with van der Waals surface area (Å²) in [5.41, 5.74) is 3.79. The number of aromatic nitrogens is 1. The third-order valence-corrected chi connectivity index (χ3v) is 5.63. The molecule has 4 rings (SSSR count). The summed E-state index contributed by atoms with van der Waals surface area (Å²) < 4.78 is 6.85. The van der Waals surface area contributed by atoms with E-state index in [1.807, 2.05) is 37.3 Å². The van der Waals surface area contributed by atoms with E-state index >= 15 is 0 Å². The van der Waals surface area contributed by atoms with Gasteiger partial charge in [0.05, 0.1) is 17.8 Å². The lowest BCUT2D eigenvalue weighted by molar-refractivity contribution is -0.143. The van der Waals surface area contributed by atoms with Crippen LogP contribution in [-0.2, 0) is 16.0 Å². The summed E-state index contributed by atoms with van der Waals surface area (Å²) in [6, 6.07) is 12.6. The summed E-state index contributed by atoms with van der Waals surface area (Å²) in [6.45, 7) is 4.46. The summed E-state index contributed by atoms with van der Waals surface area (Å²) in [4.78, 5) is 30.5. The van der Waals surface area contributed by atoms with E-state index in [2.05, 4.69) is 10.3 Å². The first kappa shape index (κ1) is 20.2. The molecular weight excluding hydrogens is 402 g/mol. The molecule has 0 aliphatic carbocycles. The van der Waals surface area contributed by atoms with Gasteiger partial charge in [0.15, 0.2) is 0 Å². The number of aryl methyl sites for hydroxylation is 1. The van der Waals surface area contributed by atoms with Crippen molar-refractivity contribution in [3.63, 3.8) is 0 Å². The van der Waals surface area contributed by atoms with Crippen LogP contribution in [0.25, 0.3) is 10.9 Å². The molecule has 0 saturated carbocycles. The second-order valence-electron chi connectivity index (χ2n) is 7.15. The Balaban J connectivity index is 1.86. The van der Waals surface area contributed by atoms with E-state index in [1.165, 1.54) is 0 Å². The van der Waals surface area contributed by atoms with Gasteiger partial charge >= 0.3 is 12.0 Å². The van der Waals surface area contributed by atoms with E-state index in [1.54, 1.807) is 29.8 Å². The fourth-order valence-electron chi connectivity index (χ4n) is 3.82. The third-order valence-electron chi connectivity index (χ3n) is 5.23. The number of rotatable bonds is 3. The Morgan fingerprint density at radius 3 is 2.83 bits per heavy atom. The number of nitrogens with zero attached hydrogens (tertiary/aromatic N) is 2. The van der Waals surface area contributed by atoms with E-state index in [0.29, 0.717) is 29.4 Å². The standard InChI is InChI=1S/C23H22ClN3O3/c1-3-30-22(28)18-13-25-11-10-17-16-6-4-5-7-20(16)27(21(17)18)23(29)26-15-9-8-14(2)19(24)12-15/h4-9,12-13,18H,3,10-11H2,1-2H3,(H,26,29). The van der Waals surface area contributed by atoms with Gasteiger partial charge in [-0.2, -0.15) is 0 Å². The highest BCUT2D eigenvalue weighted by molar-refractivity contribution is 6.31. The predicted molar refractivity (Wildman–Crippen MR) is 119 cm³/mol. The molecule has 1 aromatic heterocycles. The summed E-state index contributed by atoms with van der Waals surface area (Å²) in [5.74, 6) is -1.16. The van der Waals surface area contributed by atoms with Crippen LogP contribution in [0.3, 0.4) is 0 Å². The number of hydrogen-bond acceptors (Lipinski definition) is 4. The van der Waals surface area contributed by atoms with Crippen molar-refractivity contribution in [2.45, 2.75) is 26.2 Å². The summed E-state index contributed by atoms with van der Waals surface area (Å²) in [6.07, 6.45) is 2.23. The SMILES string of the molecule is CCOC(=O)C1C=NCCc2c1n(C(=O)Nc1ccc(C)c(Cl)c1)c1ccccc21. The molecule has 1 aliphatic rings. The fourth-order valence-corrected chi connectivity index (χ4v) is 4.00. The molecule has 2 aromatic carbocycles. The summed E-state index contributed by atoms with van der Waals surface area (Å²) >= 11 is 6.22. The first-order chi connectivity index (χ1) is 14.5. The van der Waals surface area contributed by atoms with Crippen LogP contribution in [0.15, 0.2) is 47.5 Å². The maximum atomic E-state index is 13.4. The van der Waals surface area contributed by atoms with Crippen molar-refractivity contribution in [3.05, 3.63) is 64.3 Å². The largest absolute Gasteiger partial charge is 0.465 e. The topological polar surface area (TPSA) is 72.7 Å². The van der Waals surface area contributed by atoms with Crippen molar-refractivity contribution in [2.24, 2.45) is 4.99 Å². The van der Waals surface area contributed by atoms with Crippen molar-refractivity contribution in [3.8, 4) is 0 Å². The first-order valence-corrected chi connectivity index (χ1v) is 10.2. The lowest BCUT2D eigenvalue weighted by atomic mass is 10.00. The van der Waals surface area contributed by atoms with E-state index in [9.17, 15) is 9.59 Å². The molecule has 1 unspecified atom stereocenters. The predicted octanol–water partition coefficient (Wildman–Crippen LogP) is 4.96. The van der Waals surface area contributed by atoms with Gasteiger partial charge < -0.3 is 10.1 Å². The normalized spacial score (nSPS) is 15.5. The highest BCUT2D eigenvalue weighted by atomic mass is 35.5. The molecule has 6 nitrogen and oxygen atoms in total. The van der Waals surface area contributed by atoms with Gasteiger partial charge in [0, 0.05) is 28.9 Å². The van der Waals surface area contributed by atoms with Gasteiger partial charge in [-0.1, -0.05) is 35.9 Å². The first-order valence-electron chi connectivity index (χ1n) is 9.87. The van der Waals surface area contributed by atoms with Gasteiger partial charge in [0.1, 0.15) is 5.92 Å². The maximum absolute atomic E-state index is 13.4. The molecule has 0 bridgehead atoms. The van der Waals surface area contributed by atoms with E-state index in [0.717, 1.165) is 22.0 Å². The van der Waals surface area contributed by atoms with Crippen LogP contribution in [0, 0.1) is 6.92 Å². The van der Waals surface area contributed by atoms with Crippen LogP contribution in [0.2, 0.25) is 5.02 Å². The van der Waals surface area contributed by atoms with Crippen molar-refractivity contribution in [2.75, 3.05) is 18.5 Å². The molecule has 30 heavy (non-hydrogen) atoms. The van der Waals surface area contributed by atoms with Crippen LogP contribution in [-0.4, -0.2) is 35.9 Å². The lowest BCUT2D eigenvalue weighted by Gasteiger charge is -2.16. The Labute approximate surface area is 179 Å². The molecule has 0 saturated heterocycles. The van der Waals surface area contributed by atoms with Crippen molar-refractivity contribution >= 4 is 46.4 Å². The van der Waals surface area contributed by atoms with E-state index < -0.39 is 11.9 Å². The minimum absolute atomic E-state index is 0.257. The van der Waals surface area contributed by atoms with Gasteiger partial charge in [-0.05, 0) is 49.6 Å². The lowest BCUT2D eigenvalue weighted by Crippen LogP contribution is -2.27. The van der Waals surface area contributed by atoms with E-state index in [4.69, 9.17) is 16.3 Å². The van der Waals surface area contributed by atoms with Crippen LogP contribution in [0.5, 0.6) is 0 Å². The number of halogens is 1. The quantitative estimate of drug-likeness (QED) is 0.605. The third kappa shape index (κ3) is 3.59. The van der Waals surface area contributed by atoms with Gasteiger partial charge in [-0.25, -0.2) is 4.79 Å². The molecule has 1 N–H and O–H groups in total. The second-order valence-corrected chi connectivity index (χ2v) is 7.55. The maximum Gasteiger partial charge on any atom is 0.330 e. The zero-order valence-corrected chi connectivity index (χ0v) is 17.6. The number of aliphatic imine (C=N–C) groups is 1. The average molecular weight is 424 g/mol. The molecule has 0 fully saturated rings. The highest BCUT2D eigenvalue weighted by Crippen LogP contribution is 2.34. The number of nitrogens with one attached hydrogen (secondary N) is 1.